The lowest BCUT2D eigenvalue weighted by molar-refractivity contribution is -0.123. The van der Waals surface area contributed by atoms with Crippen molar-refractivity contribution < 1.29 is 9.18 Å². The highest BCUT2D eigenvalue weighted by Crippen LogP contribution is 2.09. The Morgan fingerprint density at radius 3 is 2.75 bits per heavy atom. The van der Waals surface area contributed by atoms with Crippen molar-refractivity contribution in [3.63, 3.8) is 0 Å². The lowest BCUT2D eigenvalue weighted by atomic mass is 10.2. The lowest BCUT2D eigenvalue weighted by Crippen LogP contribution is -2.43. The maximum Gasteiger partial charge on any atom is 0.237 e. The number of halogens is 1. The van der Waals surface area contributed by atoms with Crippen molar-refractivity contribution in [2.45, 2.75) is 38.5 Å². The van der Waals surface area contributed by atoms with Crippen molar-refractivity contribution in [3.05, 3.63) is 0 Å². The van der Waals surface area contributed by atoms with Gasteiger partial charge in [-0.2, -0.15) is 0 Å². The number of carbonyl (C=O) groups excluding carboxylic acids is 1. The quantitative estimate of drug-likeness (QED) is 0.628. The third-order valence-corrected chi connectivity index (χ3v) is 1.82. The van der Waals surface area contributed by atoms with Crippen LogP contribution >= 0.6 is 0 Å². The van der Waals surface area contributed by atoms with E-state index in [0.717, 1.165) is 0 Å². The summed E-state index contributed by atoms with van der Waals surface area (Å²) in [7, 11) is 0. The maximum absolute atomic E-state index is 12.6. The topological polar surface area (TPSA) is 41.1 Å². The zero-order valence-corrected chi connectivity index (χ0v) is 7.43. The van der Waals surface area contributed by atoms with Crippen LogP contribution in [0.3, 0.4) is 0 Å². The average Bonchev–Trinajstić information content (AvgIpc) is 2.34. The second-order valence-corrected chi connectivity index (χ2v) is 3.46. The molecule has 1 heterocycles. The van der Waals surface area contributed by atoms with E-state index in [4.69, 9.17) is 0 Å². The van der Waals surface area contributed by atoms with Crippen LogP contribution in [0.25, 0.3) is 0 Å². The fraction of sp³-hybridized carbons (Fsp3) is 0.875. The summed E-state index contributed by atoms with van der Waals surface area (Å²) in [5.74, 6) is -0.0925. The second-order valence-electron chi connectivity index (χ2n) is 3.46. The minimum atomic E-state index is -0.868. The molecule has 1 saturated heterocycles. The molecular weight excluding hydrogens is 159 g/mol. The first-order chi connectivity index (χ1) is 5.59. The van der Waals surface area contributed by atoms with Crippen molar-refractivity contribution >= 4 is 5.91 Å². The molecule has 2 atom stereocenters. The molecule has 12 heavy (non-hydrogen) atoms. The largest absolute Gasteiger partial charge is 0.353 e. The minimum absolute atomic E-state index is 0.0925. The van der Waals surface area contributed by atoms with Gasteiger partial charge >= 0.3 is 0 Å². The molecule has 1 rings (SSSR count). The molecule has 1 aliphatic rings. The zero-order chi connectivity index (χ0) is 9.14. The molecule has 0 aliphatic carbocycles. The van der Waals surface area contributed by atoms with E-state index in [9.17, 15) is 9.18 Å². The molecule has 0 aromatic carbocycles. The lowest BCUT2D eigenvalue weighted by Gasteiger charge is -2.12. The number of hydrogen-bond acceptors (Lipinski definition) is 2. The number of hydrogen-bond donors (Lipinski definition) is 2. The summed E-state index contributed by atoms with van der Waals surface area (Å²) in [5.41, 5.74) is 0. The van der Waals surface area contributed by atoms with Crippen molar-refractivity contribution in [1.29, 1.82) is 0 Å². The molecule has 70 valence electrons. The molecule has 3 nitrogen and oxygen atoms in total. The first-order valence-corrected chi connectivity index (χ1v) is 4.27. The van der Waals surface area contributed by atoms with E-state index < -0.39 is 6.17 Å². The van der Waals surface area contributed by atoms with Gasteiger partial charge in [-0.25, -0.2) is 4.39 Å². The van der Waals surface area contributed by atoms with E-state index >= 15 is 0 Å². The third kappa shape index (κ3) is 2.44. The normalized spacial score (nSPS) is 29.3. The van der Waals surface area contributed by atoms with Gasteiger partial charge in [0.25, 0.3) is 0 Å². The molecule has 0 aromatic rings. The van der Waals surface area contributed by atoms with Crippen LogP contribution in [0.1, 0.15) is 20.3 Å². The van der Waals surface area contributed by atoms with Crippen molar-refractivity contribution in [1.82, 2.24) is 10.6 Å². The Balaban J connectivity index is 2.33. The fourth-order valence-electron chi connectivity index (χ4n) is 1.28. The highest BCUT2D eigenvalue weighted by molar-refractivity contribution is 5.82. The van der Waals surface area contributed by atoms with Crippen LogP contribution < -0.4 is 10.6 Å². The van der Waals surface area contributed by atoms with E-state index in [0.29, 0.717) is 13.0 Å². The molecule has 0 saturated carbocycles. The van der Waals surface area contributed by atoms with Crippen LogP contribution in [-0.2, 0) is 4.79 Å². The molecule has 0 radical (unpaired) electrons. The van der Waals surface area contributed by atoms with Crippen LogP contribution in [0.2, 0.25) is 0 Å². The second kappa shape index (κ2) is 3.85. The van der Waals surface area contributed by atoms with Gasteiger partial charge in [0.1, 0.15) is 6.17 Å². The predicted molar refractivity (Wildman–Crippen MR) is 44.6 cm³/mol. The molecule has 0 aromatic heterocycles. The maximum atomic E-state index is 12.6. The van der Waals surface area contributed by atoms with Gasteiger partial charge < -0.3 is 10.6 Å². The predicted octanol–water partition coefficient (Wildman–Crippen LogP) is 0.211. The summed E-state index contributed by atoms with van der Waals surface area (Å²) < 4.78 is 12.6. The Hall–Kier alpha value is -0.640. The van der Waals surface area contributed by atoms with Gasteiger partial charge in [0.15, 0.2) is 0 Å². The Morgan fingerprint density at radius 1 is 1.67 bits per heavy atom. The van der Waals surface area contributed by atoms with Crippen molar-refractivity contribution in [3.8, 4) is 0 Å². The number of carbonyl (C=O) groups is 1. The highest BCUT2D eigenvalue weighted by atomic mass is 19.1. The van der Waals surface area contributed by atoms with Crippen LogP contribution in [0, 0.1) is 0 Å². The van der Waals surface area contributed by atoms with Crippen LogP contribution in [0.4, 0.5) is 4.39 Å². The van der Waals surface area contributed by atoms with E-state index in [2.05, 4.69) is 10.6 Å². The first kappa shape index (κ1) is 9.45. The highest BCUT2D eigenvalue weighted by Gasteiger charge is 2.29. The fourth-order valence-corrected chi connectivity index (χ4v) is 1.28. The molecule has 1 fully saturated rings. The van der Waals surface area contributed by atoms with E-state index in [-0.39, 0.29) is 18.0 Å². The van der Waals surface area contributed by atoms with Crippen molar-refractivity contribution in [2.75, 3.05) is 6.54 Å². The molecule has 0 bridgehead atoms. The molecular formula is C8H15FN2O. The number of rotatable bonds is 2. The summed E-state index contributed by atoms with van der Waals surface area (Å²) in [6.45, 7) is 4.08. The first-order valence-electron chi connectivity index (χ1n) is 4.27. The summed E-state index contributed by atoms with van der Waals surface area (Å²) in [4.78, 5) is 11.3. The van der Waals surface area contributed by atoms with E-state index in [1.165, 1.54) is 0 Å². The third-order valence-electron chi connectivity index (χ3n) is 1.82. The molecule has 4 heteroatoms. The standard InChI is InChI=1S/C8H15FN2O/c1-5(2)11-8(12)7-3-6(9)4-10-7/h5-7,10H,3-4H2,1-2H3,(H,11,12)/t6-,7+/m0/s1. The Labute approximate surface area is 71.7 Å². The van der Waals surface area contributed by atoms with Gasteiger partial charge in [-0.1, -0.05) is 0 Å². The van der Waals surface area contributed by atoms with Gasteiger partial charge in [-0.05, 0) is 13.8 Å². The Morgan fingerprint density at radius 2 is 2.33 bits per heavy atom. The molecule has 1 amide bonds. The SMILES string of the molecule is CC(C)NC(=O)[C@H]1C[C@H](F)CN1. The summed E-state index contributed by atoms with van der Waals surface area (Å²) in [6.07, 6.45) is -0.564. The van der Waals surface area contributed by atoms with E-state index in [1.807, 2.05) is 13.8 Å². The van der Waals surface area contributed by atoms with Crippen molar-refractivity contribution in [2.24, 2.45) is 0 Å². The summed E-state index contributed by atoms with van der Waals surface area (Å²) in [5, 5.41) is 5.56. The number of amides is 1. The Kier molecular flexibility index (Phi) is 3.03. The molecule has 2 N–H and O–H groups in total. The summed E-state index contributed by atoms with van der Waals surface area (Å²) in [6, 6.07) is -0.208. The van der Waals surface area contributed by atoms with Crippen LogP contribution in [-0.4, -0.2) is 30.7 Å². The summed E-state index contributed by atoms with van der Waals surface area (Å²) >= 11 is 0. The minimum Gasteiger partial charge on any atom is -0.353 e. The monoisotopic (exact) mass is 174 g/mol. The van der Waals surface area contributed by atoms with Gasteiger partial charge in [0.2, 0.25) is 5.91 Å². The van der Waals surface area contributed by atoms with Gasteiger partial charge in [-0.3, -0.25) is 4.79 Å². The molecule has 1 aliphatic heterocycles. The average molecular weight is 174 g/mol. The number of nitrogens with one attached hydrogen (secondary N) is 2. The van der Waals surface area contributed by atoms with Gasteiger partial charge in [-0.15, -0.1) is 0 Å². The van der Waals surface area contributed by atoms with Gasteiger partial charge in [0.05, 0.1) is 6.04 Å². The van der Waals surface area contributed by atoms with Gasteiger partial charge in [0, 0.05) is 19.0 Å². The molecule has 0 unspecified atom stereocenters. The zero-order valence-electron chi connectivity index (χ0n) is 7.43. The number of alkyl halides is 1. The molecule has 0 spiro atoms. The van der Waals surface area contributed by atoms with Crippen LogP contribution in [0.15, 0.2) is 0 Å². The van der Waals surface area contributed by atoms with E-state index in [1.54, 1.807) is 0 Å². The Bertz CT molecular complexity index is 172. The smallest absolute Gasteiger partial charge is 0.237 e. The van der Waals surface area contributed by atoms with Crippen LogP contribution in [0.5, 0.6) is 0 Å².